The number of ether oxygens (including phenoxy) is 1. The molecule has 0 bridgehead atoms. The van der Waals surface area contributed by atoms with Crippen molar-refractivity contribution in [3.05, 3.63) is 31.2 Å². The van der Waals surface area contributed by atoms with Gasteiger partial charge in [-0.15, -0.1) is 0 Å². The largest absolute Gasteiger partial charge is 0.494 e. The van der Waals surface area contributed by atoms with Crippen molar-refractivity contribution in [3.63, 3.8) is 0 Å². The van der Waals surface area contributed by atoms with Crippen molar-refractivity contribution in [1.82, 2.24) is 0 Å². The van der Waals surface area contributed by atoms with Crippen molar-refractivity contribution in [1.29, 1.82) is 0 Å². The zero-order valence-electron chi connectivity index (χ0n) is 8.95. The van der Waals surface area contributed by atoms with Crippen LogP contribution in [0.3, 0.4) is 0 Å². The zero-order chi connectivity index (χ0) is 11.1. The predicted octanol–water partition coefficient (Wildman–Crippen LogP) is 2.64. The van der Waals surface area contributed by atoms with E-state index in [0.717, 1.165) is 24.3 Å². The van der Waals surface area contributed by atoms with Gasteiger partial charge in [-0.1, -0.05) is 13.3 Å². The molecule has 0 aliphatic carbocycles. The van der Waals surface area contributed by atoms with Crippen LogP contribution in [-0.2, 0) is 4.79 Å². The maximum Gasteiger partial charge on any atom is 0.221 e. The van der Waals surface area contributed by atoms with Gasteiger partial charge in [-0.25, -0.2) is 0 Å². The van der Waals surface area contributed by atoms with Gasteiger partial charge in [-0.2, -0.15) is 0 Å². The Morgan fingerprint density at radius 1 is 1.40 bits per heavy atom. The second-order valence-electron chi connectivity index (χ2n) is 3.26. The lowest BCUT2D eigenvalue weighted by Gasteiger charge is -2.06. The van der Waals surface area contributed by atoms with E-state index in [4.69, 9.17) is 4.74 Å². The molecule has 0 saturated carbocycles. The Morgan fingerprint density at radius 2 is 2.07 bits per heavy atom. The van der Waals surface area contributed by atoms with Crippen molar-refractivity contribution in [2.75, 3.05) is 11.9 Å². The average Bonchev–Trinajstić information content (AvgIpc) is 2.20. The summed E-state index contributed by atoms with van der Waals surface area (Å²) in [6, 6.07) is 7.32. The van der Waals surface area contributed by atoms with Crippen molar-refractivity contribution in [3.8, 4) is 5.75 Å². The lowest BCUT2D eigenvalue weighted by molar-refractivity contribution is -0.114. The second-order valence-corrected chi connectivity index (χ2v) is 3.26. The fourth-order valence-corrected chi connectivity index (χ4v) is 1.13. The van der Waals surface area contributed by atoms with Crippen LogP contribution in [-0.4, -0.2) is 12.5 Å². The van der Waals surface area contributed by atoms with Gasteiger partial charge in [0.25, 0.3) is 0 Å². The highest BCUT2D eigenvalue weighted by molar-refractivity contribution is 5.88. The molecule has 0 saturated heterocycles. The monoisotopic (exact) mass is 206 g/mol. The molecular weight excluding hydrogens is 190 g/mol. The summed E-state index contributed by atoms with van der Waals surface area (Å²) in [4.78, 5) is 10.8. The lowest BCUT2D eigenvalue weighted by Crippen LogP contribution is -2.05. The van der Waals surface area contributed by atoms with Crippen LogP contribution < -0.4 is 10.1 Å². The van der Waals surface area contributed by atoms with Crippen LogP contribution in [0.1, 0.15) is 19.8 Å². The Morgan fingerprint density at radius 3 is 2.60 bits per heavy atom. The zero-order valence-corrected chi connectivity index (χ0v) is 8.95. The smallest absolute Gasteiger partial charge is 0.221 e. The number of hydrogen-bond donors (Lipinski definition) is 1. The lowest BCUT2D eigenvalue weighted by atomic mass is 10.3. The molecule has 1 N–H and O–H groups in total. The van der Waals surface area contributed by atoms with E-state index in [-0.39, 0.29) is 5.91 Å². The SMILES string of the molecule is [CH2]CCCOc1ccc(NC(C)=O)cc1. The van der Waals surface area contributed by atoms with Gasteiger partial charge in [0.05, 0.1) is 6.61 Å². The van der Waals surface area contributed by atoms with Crippen molar-refractivity contribution >= 4 is 11.6 Å². The molecule has 0 aliphatic rings. The number of unbranched alkanes of at least 4 members (excludes halogenated alkanes) is 1. The summed E-state index contributed by atoms with van der Waals surface area (Å²) < 4.78 is 5.45. The number of rotatable bonds is 5. The fraction of sp³-hybridized carbons (Fsp3) is 0.333. The van der Waals surface area contributed by atoms with Crippen LogP contribution in [0, 0.1) is 6.92 Å². The summed E-state index contributed by atoms with van der Waals surface area (Å²) in [5, 5.41) is 2.69. The highest BCUT2D eigenvalue weighted by Gasteiger charge is 1.96. The van der Waals surface area contributed by atoms with Gasteiger partial charge in [0.2, 0.25) is 5.91 Å². The van der Waals surface area contributed by atoms with Crippen molar-refractivity contribution in [2.45, 2.75) is 19.8 Å². The molecule has 1 radical (unpaired) electrons. The number of anilines is 1. The molecule has 0 unspecified atom stereocenters. The maximum atomic E-state index is 10.8. The molecule has 0 heterocycles. The first kappa shape index (κ1) is 11.6. The van der Waals surface area contributed by atoms with Crippen molar-refractivity contribution in [2.24, 2.45) is 0 Å². The summed E-state index contributed by atoms with van der Waals surface area (Å²) in [5.74, 6) is 0.748. The number of amides is 1. The van der Waals surface area contributed by atoms with Gasteiger partial charge in [-0.05, 0) is 30.7 Å². The third-order valence-electron chi connectivity index (χ3n) is 1.84. The van der Waals surface area contributed by atoms with E-state index >= 15 is 0 Å². The molecule has 81 valence electrons. The topological polar surface area (TPSA) is 38.3 Å². The molecule has 0 aromatic heterocycles. The van der Waals surface area contributed by atoms with E-state index in [0.29, 0.717) is 6.61 Å². The molecular formula is C12H16NO2. The minimum atomic E-state index is -0.0688. The number of carbonyl (C=O) groups excluding carboxylic acids is 1. The maximum absolute atomic E-state index is 10.8. The van der Waals surface area contributed by atoms with Crippen LogP contribution in [0.25, 0.3) is 0 Å². The Hall–Kier alpha value is -1.51. The molecule has 0 fully saturated rings. The van der Waals surface area contributed by atoms with E-state index < -0.39 is 0 Å². The van der Waals surface area contributed by atoms with Gasteiger partial charge in [-0.3, -0.25) is 4.79 Å². The van der Waals surface area contributed by atoms with Gasteiger partial charge in [0, 0.05) is 12.6 Å². The van der Waals surface area contributed by atoms with E-state index in [1.807, 2.05) is 24.3 Å². The molecule has 0 atom stereocenters. The molecule has 3 nitrogen and oxygen atoms in total. The molecule has 1 rings (SSSR count). The summed E-state index contributed by atoms with van der Waals surface area (Å²) in [6.45, 7) is 5.90. The summed E-state index contributed by atoms with van der Waals surface area (Å²) in [7, 11) is 0. The minimum Gasteiger partial charge on any atom is -0.494 e. The Labute approximate surface area is 90.4 Å². The van der Waals surface area contributed by atoms with E-state index in [9.17, 15) is 4.79 Å². The summed E-state index contributed by atoms with van der Waals surface area (Å²) in [5.41, 5.74) is 0.784. The average molecular weight is 206 g/mol. The van der Waals surface area contributed by atoms with Crippen LogP contribution in [0.15, 0.2) is 24.3 Å². The molecule has 15 heavy (non-hydrogen) atoms. The first-order valence-electron chi connectivity index (χ1n) is 5.02. The normalized spacial score (nSPS) is 9.73. The van der Waals surface area contributed by atoms with E-state index in [1.54, 1.807) is 0 Å². The minimum absolute atomic E-state index is 0.0688. The first-order chi connectivity index (χ1) is 7.22. The predicted molar refractivity (Wildman–Crippen MR) is 60.8 cm³/mol. The third kappa shape index (κ3) is 4.49. The van der Waals surface area contributed by atoms with Crippen LogP contribution >= 0.6 is 0 Å². The van der Waals surface area contributed by atoms with E-state index in [1.165, 1.54) is 6.92 Å². The Kier molecular flexibility index (Phi) is 4.68. The Bertz CT molecular complexity index is 306. The van der Waals surface area contributed by atoms with Crippen LogP contribution in [0.4, 0.5) is 5.69 Å². The second kappa shape index (κ2) is 6.06. The van der Waals surface area contributed by atoms with Gasteiger partial charge >= 0.3 is 0 Å². The number of nitrogens with one attached hydrogen (secondary N) is 1. The highest BCUT2D eigenvalue weighted by atomic mass is 16.5. The molecule has 3 heteroatoms. The third-order valence-corrected chi connectivity index (χ3v) is 1.84. The van der Waals surface area contributed by atoms with Crippen molar-refractivity contribution < 1.29 is 9.53 Å². The summed E-state index contributed by atoms with van der Waals surface area (Å²) in [6.07, 6.45) is 1.83. The first-order valence-corrected chi connectivity index (χ1v) is 5.02. The van der Waals surface area contributed by atoms with Gasteiger partial charge in [0.1, 0.15) is 5.75 Å². The number of carbonyl (C=O) groups is 1. The molecule has 0 aliphatic heterocycles. The highest BCUT2D eigenvalue weighted by Crippen LogP contribution is 2.15. The summed E-state index contributed by atoms with van der Waals surface area (Å²) >= 11 is 0. The van der Waals surface area contributed by atoms with Gasteiger partial charge < -0.3 is 10.1 Å². The molecule has 1 amide bonds. The number of hydrogen-bond acceptors (Lipinski definition) is 2. The Balaban J connectivity index is 2.45. The van der Waals surface area contributed by atoms with E-state index in [2.05, 4.69) is 12.2 Å². The standard InChI is InChI=1S/C12H16NO2/c1-3-4-9-15-12-7-5-11(6-8-12)13-10(2)14/h5-8H,1,3-4,9H2,2H3,(H,13,14). The van der Waals surface area contributed by atoms with Gasteiger partial charge in [0.15, 0.2) is 0 Å². The quantitative estimate of drug-likeness (QED) is 0.752. The number of benzene rings is 1. The molecule has 1 aromatic rings. The van der Waals surface area contributed by atoms with Crippen LogP contribution in [0.2, 0.25) is 0 Å². The molecule has 1 aromatic carbocycles. The molecule has 0 spiro atoms. The fourth-order valence-electron chi connectivity index (χ4n) is 1.13. The van der Waals surface area contributed by atoms with Crippen LogP contribution in [0.5, 0.6) is 5.75 Å².